The van der Waals surface area contributed by atoms with Crippen LogP contribution in [0, 0.1) is 0 Å². The smallest absolute Gasteiger partial charge is 0.411 e. The highest BCUT2D eigenvalue weighted by atomic mass is 79.9. The van der Waals surface area contributed by atoms with Crippen LogP contribution in [0.1, 0.15) is 47.2 Å². The van der Waals surface area contributed by atoms with Gasteiger partial charge in [-0.2, -0.15) is 0 Å². The summed E-state index contributed by atoms with van der Waals surface area (Å²) in [5.41, 5.74) is 4.95. The molecule has 1 atom stereocenters. The molecule has 0 aliphatic heterocycles. The van der Waals surface area contributed by atoms with Crippen molar-refractivity contribution in [2.24, 2.45) is 0 Å². The van der Waals surface area contributed by atoms with Crippen LogP contribution in [0.25, 0.3) is 11.1 Å². The molecule has 0 aromatic heterocycles. The lowest BCUT2D eigenvalue weighted by Crippen LogP contribution is -2.36. The highest BCUT2D eigenvalue weighted by Crippen LogP contribution is 2.44. The number of amides is 2. The van der Waals surface area contributed by atoms with Gasteiger partial charge in [0.25, 0.3) is 5.91 Å². The molecule has 0 saturated heterocycles. The molecule has 0 radical (unpaired) electrons. The van der Waals surface area contributed by atoms with Gasteiger partial charge in [0.2, 0.25) is 0 Å². The highest BCUT2D eigenvalue weighted by Gasteiger charge is 2.29. The number of nitrogens with one attached hydrogen (secondary N) is 2. The minimum Gasteiger partial charge on any atom is -0.481 e. The van der Waals surface area contributed by atoms with Crippen LogP contribution in [0.4, 0.5) is 10.5 Å². The zero-order chi connectivity index (χ0) is 24.9. The minimum absolute atomic E-state index is 0.0836. The molecule has 0 heterocycles. The third-order valence-corrected chi connectivity index (χ3v) is 6.55. The van der Waals surface area contributed by atoms with Crippen LogP contribution in [0.5, 0.6) is 0 Å². The molecule has 35 heavy (non-hydrogen) atoms. The molecule has 0 saturated carbocycles. The number of hydrogen-bond donors (Lipinski definition) is 3. The van der Waals surface area contributed by atoms with Crippen molar-refractivity contribution in [2.75, 3.05) is 11.9 Å². The Morgan fingerprint density at radius 3 is 2.23 bits per heavy atom. The van der Waals surface area contributed by atoms with E-state index >= 15 is 0 Å². The molecule has 2 amide bonds. The minimum atomic E-state index is -0.995. The van der Waals surface area contributed by atoms with E-state index in [-0.39, 0.29) is 30.2 Å². The van der Waals surface area contributed by atoms with E-state index in [0.29, 0.717) is 10.9 Å². The van der Waals surface area contributed by atoms with Gasteiger partial charge in [-0.1, -0.05) is 71.4 Å². The van der Waals surface area contributed by atoms with Crippen LogP contribution >= 0.6 is 15.9 Å². The molecule has 7 nitrogen and oxygen atoms in total. The van der Waals surface area contributed by atoms with Gasteiger partial charge in [0.05, 0.1) is 17.7 Å². The summed E-state index contributed by atoms with van der Waals surface area (Å²) in [6, 6.07) is 20.5. The number of halogens is 1. The van der Waals surface area contributed by atoms with Gasteiger partial charge in [-0.15, -0.1) is 0 Å². The molecule has 3 N–H and O–H groups in total. The summed E-state index contributed by atoms with van der Waals surface area (Å²) in [4.78, 5) is 36.6. The van der Waals surface area contributed by atoms with E-state index in [2.05, 4.69) is 38.7 Å². The number of carboxylic acid groups (broad SMARTS) is 1. The molecule has 3 aromatic rings. The monoisotopic (exact) mass is 536 g/mol. The Morgan fingerprint density at radius 1 is 1.00 bits per heavy atom. The maximum Gasteiger partial charge on any atom is 0.411 e. The Hall–Kier alpha value is -3.65. The highest BCUT2D eigenvalue weighted by molar-refractivity contribution is 9.10. The Labute approximate surface area is 211 Å². The number of hydrogen-bond acceptors (Lipinski definition) is 4. The van der Waals surface area contributed by atoms with E-state index in [1.54, 1.807) is 25.1 Å². The van der Waals surface area contributed by atoms with Crippen molar-refractivity contribution in [3.8, 4) is 11.1 Å². The lowest BCUT2D eigenvalue weighted by molar-refractivity contribution is -0.137. The number of fused-ring (bicyclic) bond motifs is 3. The Kier molecular flexibility index (Phi) is 7.51. The van der Waals surface area contributed by atoms with Gasteiger partial charge in [-0.3, -0.25) is 14.9 Å². The van der Waals surface area contributed by atoms with Gasteiger partial charge in [-0.25, -0.2) is 4.79 Å². The first kappa shape index (κ1) is 24.5. The van der Waals surface area contributed by atoms with E-state index in [1.165, 1.54) is 0 Å². The van der Waals surface area contributed by atoms with E-state index in [0.717, 1.165) is 22.3 Å². The maximum absolute atomic E-state index is 12.8. The third kappa shape index (κ3) is 5.54. The van der Waals surface area contributed by atoms with Gasteiger partial charge >= 0.3 is 12.1 Å². The zero-order valence-electron chi connectivity index (χ0n) is 19.1. The topological polar surface area (TPSA) is 105 Å². The molecule has 1 aliphatic carbocycles. The summed E-state index contributed by atoms with van der Waals surface area (Å²) >= 11 is 3.36. The van der Waals surface area contributed by atoms with Crippen molar-refractivity contribution in [3.05, 3.63) is 87.9 Å². The standard InChI is InChI=1S/C27H25BrN2O5/c1-2-17(14-25(31)32)29-26(33)22-12-11-16(28)13-24(22)30-27(34)35-15-23-20-9-5-3-7-18(20)19-8-4-6-10-21(19)23/h3-13,17,23H,2,14-15H2,1H3,(H,29,33)(H,30,34)(H,31,32)/t17-/m1/s1. The molecule has 4 rings (SSSR count). The van der Waals surface area contributed by atoms with Crippen molar-refractivity contribution in [3.63, 3.8) is 0 Å². The summed E-state index contributed by atoms with van der Waals surface area (Å²) in [6.45, 7) is 1.94. The molecule has 1 aliphatic rings. The van der Waals surface area contributed by atoms with Crippen LogP contribution in [-0.4, -0.2) is 35.7 Å². The second-order valence-electron chi connectivity index (χ2n) is 8.32. The fourth-order valence-electron chi connectivity index (χ4n) is 4.33. The molecule has 0 bridgehead atoms. The molecular weight excluding hydrogens is 512 g/mol. The first-order valence-corrected chi connectivity index (χ1v) is 12.1. The number of rotatable bonds is 8. The van der Waals surface area contributed by atoms with E-state index < -0.39 is 24.0 Å². The lowest BCUT2D eigenvalue weighted by Gasteiger charge is -2.18. The number of ether oxygens (including phenoxy) is 1. The van der Waals surface area contributed by atoms with Crippen LogP contribution in [0.2, 0.25) is 0 Å². The second kappa shape index (κ2) is 10.7. The predicted octanol–water partition coefficient (Wildman–Crippen LogP) is 5.79. The van der Waals surface area contributed by atoms with Crippen molar-refractivity contribution < 1.29 is 24.2 Å². The number of benzene rings is 3. The molecule has 0 spiro atoms. The molecule has 0 unspecified atom stereocenters. The average Bonchev–Trinajstić information content (AvgIpc) is 3.15. The summed E-state index contributed by atoms with van der Waals surface area (Å²) in [5, 5.41) is 14.4. The van der Waals surface area contributed by atoms with Crippen LogP contribution in [0.15, 0.2) is 71.2 Å². The van der Waals surface area contributed by atoms with Crippen molar-refractivity contribution in [2.45, 2.75) is 31.7 Å². The van der Waals surface area contributed by atoms with Gasteiger partial charge in [0, 0.05) is 16.4 Å². The Balaban J connectivity index is 1.47. The molecule has 8 heteroatoms. The van der Waals surface area contributed by atoms with Crippen LogP contribution in [-0.2, 0) is 9.53 Å². The average molecular weight is 537 g/mol. The van der Waals surface area contributed by atoms with Gasteiger partial charge < -0.3 is 15.2 Å². The van der Waals surface area contributed by atoms with Crippen LogP contribution in [0.3, 0.4) is 0 Å². The fraction of sp³-hybridized carbons (Fsp3) is 0.222. The fourth-order valence-corrected chi connectivity index (χ4v) is 4.69. The SMILES string of the molecule is CC[C@H](CC(=O)O)NC(=O)c1ccc(Br)cc1NC(=O)OCC1c2ccccc2-c2ccccc21. The molecule has 3 aromatic carbocycles. The van der Waals surface area contributed by atoms with Crippen molar-refractivity contribution in [1.29, 1.82) is 0 Å². The Bertz CT molecular complexity index is 1230. The van der Waals surface area contributed by atoms with E-state index in [9.17, 15) is 14.4 Å². The molecular formula is C27H25BrN2O5. The van der Waals surface area contributed by atoms with Gasteiger partial charge in [-0.05, 0) is 46.9 Å². The number of carbonyl (C=O) groups excluding carboxylic acids is 2. The van der Waals surface area contributed by atoms with E-state index in [4.69, 9.17) is 9.84 Å². The summed E-state index contributed by atoms with van der Waals surface area (Å²) in [5.74, 6) is -1.55. The third-order valence-electron chi connectivity index (χ3n) is 6.06. The molecule has 180 valence electrons. The summed E-state index contributed by atoms with van der Waals surface area (Å²) in [7, 11) is 0. The Morgan fingerprint density at radius 2 is 1.63 bits per heavy atom. The normalized spacial score (nSPS) is 12.9. The predicted molar refractivity (Wildman–Crippen MR) is 137 cm³/mol. The van der Waals surface area contributed by atoms with Crippen LogP contribution < -0.4 is 10.6 Å². The number of aliphatic carboxylic acids is 1. The summed E-state index contributed by atoms with van der Waals surface area (Å²) in [6.07, 6.45) is -0.408. The van der Waals surface area contributed by atoms with Gasteiger partial charge in [0.1, 0.15) is 6.61 Å². The number of anilines is 1. The largest absolute Gasteiger partial charge is 0.481 e. The number of carboxylic acids is 1. The first-order valence-electron chi connectivity index (χ1n) is 11.3. The first-order chi connectivity index (χ1) is 16.9. The van der Waals surface area contributed by atoms with E-state index in [1.807, 2.05) is 36.4 Å². The van der Waals surface area contributed by atoms with Crippen molar-refractivity contribution in [1.82, 2.24) is 5.32 Å². The molecule has 0 fully saturated rings. The quantitative estimate of drug-likeness (QED) is 0.337. The zero-order valence-corrected chi connectivity index (χ0v) is 20.7. The van der Waals surface area contributed by atoms with Gasteiger partial charge in [0.15, 0.2) is 0 Å². The number of carbonyl (C=O) groups is 3. The lowest BCUT2D eigenvalue weighted by atomic mass is 9.98. The van der Waals surface area contributed by atoms with Crippen molar-refractivity contribution >= 4 is 39.6 Å². The maximum atomic E-state index is 12.8. The summed E-state index contributed by atoms with van der Waals surface area (Å²) < 4.78 is 6.27. The second-order valence-corrected chi connectivity index (χ2v) is 9.23.